The maximum atomic E-state index is 13.7. The second kappa shape index (κ2) is 9.64. The first-order chi connectivity index (χ1) is 17.4. The van der Waals surface area contributed by atoms with Crippen LogP contribution in [-0.2, 0) is 4.79 Å². The van der Waals surface area contributed by atoms with E-state index in [1.54, 1.807) is 60.1 Å². The van der Waals surface area contributed by atoms with Crippen LogP contribution in [0.25, 0.3) is 11.4 Å². The minimum absolute atomic E-state index is 0.362. The maximum Gasteiger partial charge on any atom is 0.255 e. The first-order valence-electron chi connectivity index (χ1n) is 11.0. The Kier molecular flexibility index (Phi) is 6.38. The third-order valence-corrected chi connectivity index (χ3v) is 6.37. The number of aromatic nitrogens is 3. The number of anilines is 2. The van der Waals surface area contributed by atoms with E-state index in [2.05, 4.69) is 20.7 Å². The first kappa shape index (κ1) is 23.8. The lowest BCUT2D eigenvalue weighted by atomic mass is 9.95. The Labute approximate surface area is 216 Å². The summed E-state index contributed by atoms with van der Waals surface area (Å²) < 4.78 is 20.5. The van der Waals surface area contributed by atoms with Gasteiger partial charge in [0.25, 0.3) is 5.91 Å². The highest BCUT2D eigenvalue weighted by molar-refractivity contribution is 6.35. The van der Waals surface area contributed by atoms with Crippen LogP contribution in [0.15, 0.2) is 78.0 Å². The number of para-hydroxylation sites is 2. The molecule has 3 aromatic carbocycles. The summed E-state index contributed by atoms with van der Waals surface area (Å²) in [7, 11) is 1.53. The van der Waals surface area contributed by atoms with Crippen LogP contribution in [0, 0.1) is 5.82 Å². The molecular formula is C26H20Cl2FN5O2. The van der Waals surface area contributed by atoms with E-state index in [0.717, 1.165) is 0 Å². The molecule has 7 nitrogen and oxygen atoms in total. The molecule has 1 atom stereocenters. The molecule has 0 aliphatic carbocycles. The number of nitrogens with one attached hydrogen (secondary N) is 2. The van der Waals surface area contributed by atoms with Gasteiger partial charge >= 0.3 is 0 Å². The van der Waals surface area contributed by atoms with E-state index in [-0.39, 0.29) is 11.7 Å². The van der Waals surface area contributed by atoms with Gasteiger partial charge in [-0.1, -0.05) is 41.4 Å². The lowest BCUT2D eigenvalue weighted by molar-refractivity contribution is -0.113. The molecular weight excluding hydrogens is 504 g/mol. The van der Waals surface area contributed by atoms with Crippen molar-refractivity contribution in [1.82, 2.24) is 14.8 Å². The summed E-state index contributed by atoms with van der Waals surface area (Å²) in [4.78, 5) is 18.3. The van der Waals surface area contributed by atoms with Crippen LogP contribution in [0.1, 0.15) is 18.5 Å². The largest absolute Gasteiger partial charge is 0.495 e. The fourth-order valence-corrected chi connectivity index (χ4v) is 4.63. The quantitative estimate of drug-likeness (QED) is 0.319. The van der Waals surface area contributed by atoms with E-state index in [1.165, 1.54) is 19.2 Å². The smallest absolute Gasteiger partial charge is 0.255 e. The zero-order valence-corrected chi connectivity index (χ0v) is 20.7. The Morgan fingerprint density at radius 3 is 2.58 bits per heavy atom. The predicted molar refractivity (Wildman–Crippen MR) is 138 cm³/mol. The van der Waals surface area contributed by atoms with Crippen LogP contribution in [0.2, 0.25) is 10.0 Å². The molecule has 0 spiro atoms. The number of hydrogen-bond donors (Lipinski definition) is 2. The molecule has 0 radical (unpaired) electrons. The molecule has 4 aromatic rings. The van der Waals surface area contributed by atoms with Gasteiger partial charge in [-0.05, 0) is 55.5 Å². The van der Waals surface area contributed by atoms with E-state index < -0.39 is 6.04 Å². The van der Waals surface area contributed by atoms with Gasteiger partial charge in [-0.2, -0.15) is 4.98 Å². The molecule has 0 bridgehead atoms. The van der Waals surface area contributed by atoms with Crippen molar-refractivity contribution in [2.75, 3.05) is 17.7 Å². The number of carbonyl (C=O) groups is 1. The number of benzene rings is 3. The lowest BCUT2D eigenvalue weighted by Gasteiger charge is -2.29. The van der Waals surface area contributed by atoms with Gasteiger partial charge in [0.1, 0.15) is 17.6 Å². The van der Waals surface area contributed by atoms with Gasteiger partial charge in [0, 0.05) is 26.9 Å². The Hall–Kier alpha value is -3.88. The summed E-state index contributed by atoms with van der Waals surface area (Å²) in [6, 6.07) is 17.3. The van der Waals surface area contributed by atoms with Crippen molar-refractivity contribution in [3.63, 3.8) is 0 Å². The summed E-state index contributed by atoms with van der Waals surface area (Å²) in [5.41, 5.74) is 2.71. The maximum absolute atomic E-state index is 13.7. The topological polar surface area (TPSA) is 81.1 Å². The van der Waals surface area contributed by atoms with Crippen molar-refractivity contribution in [2.45, 2.75) is 13.0 Å². The fraction of sp³-hybridized carbons (Fsp3) is 0.115. The predicted octanol–water partition coefficient (Wildman–Crippen LogP) is 6.33. The van der Waals surface area contributed by atoms with Crippen LogP contribution in [0.4, 0.5) is 16.0 Å². The van der Waals surface area contributed by atoms with Crippen molar-refractivity contribution in [3.8, 4) is 17.1 Å². The monoisotopic (exact) mass is 523 g/mol. The van der Waals surface area contributed by atoms with Gasteiger partial charge in [0.2, 0.25) is 5.95 Å². The molecule has 1 aromatic heterocycles. The van der Waals surface area contributed by atoms with E-state index >= 15 is 0 Å². The number of rotatable bonds is 5. The van der Waals surface area contributed by atoms with E-state index in [1.807, 2.05) is 6.07 Å². The number of ether oxygens (including phenoxy) is 1. The number of hydrogen-bond acceptors (Lipinski definition) is 5. The Morgan fingerprint density at radius 1 is 1.11 bits per heavy atom. The highest BCUT2D eigenvalue weighted by Crippen LogP contribution is 2.40. The van der Waals surface area contributed by atoms with Gasteiger partial charge in [0.05, 0.1) is 18.4 Å². The molecule has 36 heavy (non-hydrogen) atoms. The van der Waals surface area contributed by atoms with Crippen LogP contribution in [0.3, 0.4) is 0 Å². The second-order valence-corrected chi connectivity index (χ2v) is 8.94. The van der Waals surface area contributed by atoms with Crippen LogP contribution in [0.5, 0.6) is 5.75 Å². The standard InChI is InChI=1S/C26H20Cl2FN5O2/c1-14-22(25(35)31-20-5-3-4-6-21(20)36-2)23(18-12-9-16(27)13-19(18)28)34-26(30-14)32-24(33-34)15-7-10-17(29)11-8-15/h3-13,23H,1-2H3,(H,31,35)(H,30,32,33). The van der Waals surface area contributed by atoms with E-state index in [4.69, 9.17) is 27.9 Å². The Balaban J connectivity index is 1.62. The third-order valence-electron chi connectivity index (χ3n) is 5.81. The molecule has 2 heterocycles. The van der Waals surface area contributed by atoms with Gasteiger partial charge in [-0.3, -0.25) is 4.79 Å². The summed E-state index contributed by atoms with van der Waals surface area (Å²) >= 11 is 12.8. The van der Waals surface area contributed by atoms with Crippen molar-refractivity contribution in [3.05, 3.63) is 99.4 Å². The first-order valence-corrected chi connectivity index (χ1v) is 11.7. The number of amides is 1. The normalized spacial score (nSPS) is 14.8. The summed E-state index contributed by atoms with van der Waals surface area (Å²) in [6.45, 7) is 1.78. The van der Waals surface area contributed by atoms with E-state index in [0.29, 0.717) is 55.7 Å². The van der Waals surface area contributed by atoms with Gasteiger partial charge in [0.15, 0.2) is 5.82 Å². The Bertz CT molecular complexity index is 1500. The summed E-state index contributed by atoms with van der Waals surface area (Å²) in [6.07, 6.45) is 0. The van der Waals surface area contributed by atoms with Crippen LogP contribution >= 0.6 is 23.2 Å². The second-order valence-electron chi connectivity index (χ2n) is 8.10. The summed E-state index contributed by atoms with van der Waals surface area (Å²) in [5.74, 6) is 0.571. The number of allylic oxidation sites excluding steroid dienone is 1. The minimum Gasteiger partial charge on any atom is -0.495 e. The molecule has 0 saturated carbocycles. The number of carbonyl (C=O) groups excluding carboxylic acids is 1. The average Bonchev–Trinajstić information content (AvgIpc) is 3.28. The van der Waals surface area contributed by atoms with Crippen molar-refractivity contribution < 1.29 is 13.9 Å². The molecule has 1 unspecified atom stereocenters. The van der Waals surface area contributed by atoms with Gasteiger partial charge in [-0.15, -0.1) is 5.10 Å². The van der Waals surface area contributed by atoms with Crippen molar-refractivity contribution in [2.24, 2.45) is 0 Å². The molecule has 0 saturated heterocycles. The number of fused-ring (bicyclic) bond motifs is 1. The number of halogens is 3. The lowest BCUT2D eigenvalue weighted by Crippen LogP contribution is -2.31. The molecule has 10 heteroatoms. The molecule has 182 valence electrons. The van der Waals surface area contributed by atoms with Crippen molar-refractivity contribution >= 4 is 40.7 Å². The summed E-state index contributed by atoms with van der Waals surface area (Å²) in [5, 5.41) is 11.6. The molecule has 1 aliphatic heterocycles. The molecule has 2 N–H and O–H groups in total. The van der Waals surface area contributed by atoms with E-state index in [9.17, 15) is 9.18 Å². The molecule has 0 fully saturated rings. The highest BCUT2D eigenvalue weighted by Gasteiger charge is 2.36. The SMILES string of the molecule is COc1ccccc1NC(=O)C1=C(C)Nc2nc(-c3ccc(F)cc3)nn2C1c1ccc(Cl)cc1Cl. The zero-order chi connectivity index (χ0) is 25.4. The fourth-order valence-electron chi connectivity index (χ4n) is 4.11. The molecule has 1 aliphatic rings. The number of methoxy groups -OCH3 is 1. The Morgan fingerprint density at radius 2 is 1.86 bits per heavy atom. The van der Waals surface area contributed by atoms with Crippen molar-refractivity contribution in [1.29, 1.82) is 0 Å². The van der Waals surface area contributed by atoms with Crippen LogP contribution in [-0.4, -0.2) is 27.8 Å². The van der Waals surface area contributed by atoms with Gasteiger partial charge < -0.3 is 15.4 Å². The van der Waals surface area contributed by atoms with Gasteiger partial charge in [-0.25, -0.2) is 9.07 Å². The average molecular weight is 524 g/mol. The zero-order valence-electron chi connectivity index (χ0n) is 19.2. The third kappa shape index (κ3) is 4.41. The highest BCUT2D eigenvalue weighted by atomic mass is 35.5. The molecule has 1 amide bonds. The van der Waals surface area contributed by atoms with Crippen LogP contribution < -0.4 is 15.4 Å². The molecule has 5 rings (SSSR count). The number of nitrogens with zero attached hydrogens (tertiary/aromatic N) is 3. The minimum atomic E-state index is -0.720.